The molecule has 1 aliphatic heterocycles. The molecule has 0 radical (unpaired) electrons. The minimum atomic E-state index is -0.721. The highest BCUT2D eigenvalue weighted by molar-refractivity contribution is 7.13. The Bertz CT molecular complexity index is 663. The van der Waals surface area contributed by atoms with Crippen molar-refractivity contribution in [3.05, 3.63) is 47.0 Å². The van der Waals surface area contributed by atoms with Crippen molar-refractivity contribution in [3.8, 4) is 0 Å². The van der Waals surface area contributed by atoms with E-state index in [0.717, 1.165) is 43.7 Å². The molecule has 1 aliphatic rings. The fourth-order valence-corrected chi connectivity index (χ4v) is 3.68. The summed E-state index contributed by atoms with van der Waals surface area (Å²) in [5.74, 6) is -0.100. The molecule has 0 bridgehead atoms. The van der Waals surface area contributed by atoms with Crippen molar-refractivity contribution in [2.45, 2.75) is 31.9 Å². The number of nitrogens with zero attached hydrogens (tertiary/aromatic N) is 2. The maximum Gasteiger partial charge on any atom is 0.223 e. The Morgan fingerprint density at radius 2 is 2.04 bits per heavy atom. The number of nitrogens with one attached hydrogen (secondary N) is 1. The monoisotopic (exact) mass is 331 g/mol. The van der Waals surface area contributed by atoms with Gasteiger partial charge >= 0.3 is 0 Å². The number of hydrogen-bond donors (Lipinski definition) is 2. The van der Waals surface area contributed by atoms with E-state index in [-0.39, 0.29) is 5.91 Å². The van der Waals surface area contributed by atoms with Crippen LogP contribution in [0.5, 0.6) is 0 Å². The lowest BCUT2D eigenvalue weighted by molar-refractivity contribution is -0.114. The average molecular weight is 331 g/mol. The van der Waals surface area contributed by atoms with Gasteiger partial charge in [-0.3, -0.25) is 9.69 Å². The number of piperidine rings is 1. The van der Waals surface area contributed by atoms with E-state index >= 15 is 0 Å². The number of amides is 1. The zero-order valence-corrected chi connectivity index (χ0v) is 14.0. The maximum absolute atomic E-state index is 11.0. The lowest BCUT2D eigenvalue weighted by Crippen LogP contribution is -2.42. The van der Waals surface area contributed by atoms with Crippen LogP contribution < -0.4 is 5.32 Å². The van der Waals surface area contributed by atoms with Gasteiger partial charge in [0.25, 0.3) is 0 Å². The first-order valence-electron chi connectivity index (χ1n) is 7.77. The van der Waals surface area contributed by atoms with Gasteiger partial charge in [0.1, 0.15) is 0 Å². The van der Waals surface area contributed by atoms with Crippen LogP contribution in [0.2, 0.25) is 0 Å². The van der Waals surface area contributed by atoms with Gasteiger partial charge in [-0.15, -0.1) is 11.3 Å². The van der Waals surface area contributed by atoms with Crippen molar-refractivity contribution in [1.82, 2.24) is 9.88 Å². The molecule has 1 aromatic carbocycles. The third-order valence-corrected chi connectivity index (χ3v) is 5.02. The van der Waals surface area contributed by atoms with Crippen LogP contribution in [0.3, 0.4) is 0 Å². The summed E-state index contributed by atoms with van der Waals surface area (Å²) in [6, 6.07) is 9.90. The number of benzene rings is 1. The minimum Gasteiger partial charge on any atom is -0.385 e. The third kappa shape index (κ3) is 3.96. The first-order valence-corrected chi connectivity index (χ1v) is 8.65. The lowest BCUT2D eigenvalue weighted by atomic mass is 9.84. The molecule has 0 saturated carbocycles. The Morgan fingerprint density at radius 3 is 2.70 bits per heavy atom. The van der Waals surface area contributed by atoms with Crippen LogP contribution in [-0.4, -0.2) is 34.0 Å². The van der Waals surface area contributed by atoms with E-state index in [1.165, 1.54) is 18.3 Å². The van der Waals surface area contributed by atoms with Crippen LogP contribution in [0.1, 0.15) is 31.0 Å². The largest absolute Gasteiger partial charge is 0.385 e. The van der Waals surface area contributed by atoms with Crippen molar-refractivity contribution >= 4 is 22.4 Å². The van der Waals surface area contributed by atoms with Crippen molar-refractivity contribution in [2.75, 3.05) is 18.4 Å². The Balaban J connectivity index is 1.57. The summed E-state index contributed by atoms with van der Waals surface area (Å²) in [6.07, 6.45) is 1.44. The van der Waals surface area contributed by atoms with E-state index < -0.39 is 5.60 Å². The molecule has 23 heavy (non-hydrogen) atoms. The predicted molar refractivity (Wildman–Crippen MR) is 91.3 cm³/mol. The molecule has 2 N–H and O–H groups in total. The second-order valence-electron chi connectivity index (χ2n) is 6.00. The molecule has 0 atom stereocenters. The smallest absolute Gasteiger partial charge is 0.223 e. The van der Waals surface area contributed by atoms with Crippen LogP contribution in [0.25, 0.3) is 0 Å². The van der Waals surface area contributed by atoms with Crippen LogP contribution in [0.15, 0.2) is 35.7 Å². The first kappa shape index (κ1) is 16.1. The third-order valence-electron chi connectivity index (χ3n) is 4.21. The van der Waals surface area contributed by atoms with Crippen molar-refractivity contribution in [3.63, 3.8) is 0 Å². The molecule has 1 amide bonds. The summed E-state index contributed by atoms with van der Waals surface area (Å²) in [6.45, 7) is 3.90. The van der Waals surface area contributed by atoms with E-state index in [2.05, 4.69) is 15.2 Å². The summed E-state index contributed by atoms with van der Waals surface area (Å²) in [4.78, 5) is 17.8. The van der Waals surface area contributed by atoms with Crippen molar-refractivity contribution in [2.24, 2.45) is 0 Å². The zero-order chi connectivity index (χ0) is 16.3. The summed E-state index contributed by atoms with van der Waals surface area (Å²) in [5, 5.41) is 16.2. The number of thiazole rings is 1. The normalized spacial score (nSPS) is 17.8. The van der Waals surface area contributed by atoms with Crippen LogP contribution in [0, 0.1) is 0 Å². The molecule has 1 fully saturated rings. The van der Waals surface area contributed by atoms with Gasteiger partial charge < -0.3 is 10.4 Å². The number of hydrogen-bond acceptors (Lipinski definition) is 5. The van der Waals surface area contributed by atoms with Gasteiger partial charge in [0.2, 0.25) is 5.91 Å². The lowest BCUT2D eigenvalue weighted by Gasteiger charge is -2.38. The van der Waals surface area contributed by atoms with Gasteiger partial charge in [0, 0.05) is 31.9 Å². The van der Waals surface area contributed by atoms with E-state index in [1.54, 1.807) is 0 Å². The van der Waals surface area contributed by atoms with Crippen molar-refractivity contribution < 1.29 is 9.90 Å². The van der Waals surface area contributed by atoms with Gasteiger partial charge in [0.05, 0.1) is 11.3 Å². The predicted octanol–water partition coefficient (Wildman–Crippen LogP) is 2.59. The molecule has 2 heterocycles. The second kappa shape index (κ2) is 6.78. The highest BCUT2D eigenvalue weighted by Gasteiger charge is 2.33. The van der Waals surface area contributed by atoms with Gasteiger partial charge in [-0.05, 0) is 18.4 Å². The van der Waals surface area contributed by atoms with Gasteiger partial charge in [-0.2, -0.15) is 0 Å². The molecule has 3 rings (SSSR count). The SMILES string of the molecule is CC(=O)Nc1nc(CN2CCC(O)(c3ccccc3)CC2)cs1. The van der Waals surface area contributed by atoms with Crippen LogP contribution in [-0.2, 0) is 16.9 Å². The molecule has 2 aromatic rings. The van der Waals surface area contributed by atoms with Crippen molar-refractivity contribution in [1.29, 1.82) is 0 Å². The summed E-state index contributed by atoms with van der Waals surface area (Å²) in [7, 11) is 0. The van der Waals surface area contributed by atoms with Gasteiger partial charge in [-0.1, -0.05) is 30.3 Å². The molecule has 122 valence electrons. The zero-order valence-electron chi connectivity index (χ0n) is 13.2. The average Bonchev–Trinajstić information content (AvgIpc) is 2.97. The molecule has 0 unspecified atom stereocenters. The molecular formula is C17H21N3O2S. The number of likely N-dealkylation sites (tertiary alicyclic amines) is 1. The number of aromatic nitrogens is 1. The molecule has 1 saturated heterocycles. The van der Waals surface area contributed by atoms with Crippen LogP contribution >= 0.6 is 11.3 Å². The molecule has 5 nitrogen and oxygen atoms in total. The second-order valence-corrected chi connectivity index (χ2v) is 6.86. The maximum atomic E-state index is 11.0. The number of carbonyl (C=O) groups excluding carboxylic acids is 1. The standard InChI is InChI=1S/C17H21N3O2S/c1-13(21)18-16-19-15(12-23-16)11-20-9-7-17(22,8-10-20)14-5-3-2-4-6-14/h2-6,12,22H,7-11H2,1H3,(H,18,19,21). The fraction of sp³-hybridized carbons (Fsp3) is 0.412. The number of carbonyl (C=O) groups is 1. The van der Waals surface area contributed by atoms with E-state index in [4.69, 9.17) is 0 Å². The first-order chi connectivity index (χ1) is 11.0. The van der Waals surface area contributed by atoms with Crippen LogP contribution in [0.4, 0.5) is 5.13 Å². The minimum absolute atomic E-state index is 0.100. The summed E-state index contributed by atoms with van der Waals surface area (Å²) < 4.78 is 0. The molecule has 1 aromatic heterocycles. The number of rotatable bonds is 4. The summed E-state index contributed by atoms with van der Waals surface area (Å²) >= 11 is 1.44. The number of anilines is 1. The van der Waals surface area contributed by atoms with E-state index in [9.17, 15) is 9.90 Å². The summed E-state index contributed by atoms with van der Waals surface area (Å²) in [5.41, 5.74) is 1.24. The van der Waals surface area contributed by atoms with Gasteiger partial charge in [-0.25, -0.2) is 4.98 Å². The molecule has 0 spiro atoms. The Morgan fingerprint density at radius 1 is 1.35 bits per heavy atom. The highest BCUT2D eigenvalue weighted by Crippen LogP contribution is 2.33. The molecular weight excluding hydrogens is 310 g/mol. The van der Waals surface area contributed by atoms with E-state index in [0.29, 0.717) is 5.13 Å². The topological polar surface area (TPSA) is 65.5 Å². The quantitative estimate of drug-likeness (QED) is 0.904. The fourth-order valence-electron chi connectivity index (χ4n) is 2.93. The van der Waals surface area contributed by atoms with E-state index in [1.807, 2.05) is 35.7 Å². The highest BCUT2D eigenvalue weighted by atomic mass is 32.1. The Labute approximate surface area is 140 Å². The molecule has 6 heteroatoms. The molecule has 0 aliphatic carbocycles. The number of aliphatic hydroxyl groups is 1. The Kier molecular flexibility index (Phi) is 4.75. The van der Waals surface area contributed by atoms with Gasteiger partial charge in [0.15, 0.2) is 5.13 Å². The Hall–Kier alpha value is -1.76.